The van der Waals surface area contributed by atoms with Crippen LogP contribution in [0.1, 0.15) is 43.4 Å². The van der Waals surface area contributed by atoms with Gasteiger partial charge in [-0.1, -0.05) is 31.2 Å². The Kier molecular flexibility index (Phi) is 8.50. The fourth-order valence-corrected chi connectivity index (χ4v) is 4.22. The van der Waals surface area contributed by atoms with E-state index in [9.17, 15) is 30.7 Å². The summed E-state index contributed by atoms with van der Waals surface area (Å²) < 4.78 is 114. The average Bonchev–Trinajstić information content (AvgIpc) is 2.85. The van der Waals surface area contributed by atoms with E-state index >= 15 is 0 Å². The lowest BCUT2D eigenvalue weighted by Crippen LogP contribution is -2.25. The molecule has 0 aliphatic carbocycles. The summed E-state index contributed by atoms with van der Waals surface area (Å²) in [6.07, 6.45) is -2.98. The van der Waals surface area contributed by atoms with E-state index in [1.54, 1.807) is 24.3 Å². The van der Waals surface area contributed by atoms with Crippen molar-refractivity contribution in [2.24, 2.45) is 5.92 Å². The van der Waals surface area contributed by atoms with Gasteiger partial charge in [0.2, 0.25) is 0 Å². The second kappa shape index (κ2) is 11.6. The molecular weight excluding hydrogens is 517 g/mol. The highest BCUT2D eigenvalue weighted by atomic mass is 19.3. The lowest BCUT2D eigenvalue weighted by molar-refractivity contribution is -0.189. The van der Waals surface area contributed by atoms with E-state index < -0.39 is 53.1 Å². The maximum atomic E-state index is 14.8. The number of halogens is 7. The third-order valence-electron chi connectivity index (χ3n) is 6.19. The van der Waals surface area contributed by atoms with Crippen LogP contribution in [0.5, 0.6) is 11.5 Å². The molecule has 38 heavy (non-hydrogen) atoms. The molecule has 0 amide bonds. The molecule has 204 valence electrons. The molecule has 0 aromatic heterocycles. The molecule has 0 spiro atoms. The van der Waals surface area contributed by atoms with Crippen LogP contribution in [0.4, 0.5) is 30.7 Å². The predicted molar refractivity (Wildman–Crippen MR) is 126 cm³/mol. The van der Waals surface area contributed by atoms with Crippen LogP contribution in [-0.4, -0.2) is 19.9 Å². The summed E-state index contributed by atoms with van der Waals surface area (Å²) in [5, 5.41) is 0. The minimum Gasteiger partial charge on any atom is -0.488 e. The molecule has 2 atom stereocenters. The Bertz CT molecular complexity index is 1210. The van der Waals surface area contributed by atoms with E-state index in [1.165, 1.54) is 0 Å². The van der Waals surface area contributed by atoms with Crippen molar-refractivity contribution in [3.05, 3.63) is 82.9 Å². The first-order chi connectivity index (χ1) is 18.1. The summed E-state index contributed by atoms with van der Waals surface area (Å²) in [5.74, 6) is -7.48. The van der Waals surface area contributed by atoms with E-state index in [4.69, 9.17) is 9.47 Å². The fourth-order valence-electron chi connectivity index (χ4n) is 4.22. The monoisotopic (exact) mass is 542 g/mol. The Morgan fingerprint density at radius 2 is 1.50 bits per heavy atom. The molecule has 0 saturated carbocycles. The first-order valence-corrected chi connectivity index (χ1v) is 12.0. The van der Waals surface area contributed by atoms with Crippen molar-refractivity contribution in [2.75, 3.05) is 19.9 Å². The molecule has 3 aromatic rings. The summed E-state index contributed by atoms with van der Waals surface area (Å²) in [6.45, 7) is 1.60. The zero-order valence-electron chi connectivity index (χ0n) is 20.4. The van der Waals surface area contributed by atoms with Gasteiger partial charge in [-0.3, -0.25) is 4.39 Å². The smallest absolute Gasteiger partial charge is 0.432 e. The standard InChI is InChI=1S/C28H25F7O3/c1-16-3-8-25(37-15-16)18-6-4-17(5-7-18)19-11-21(30)26(22(31)12-19)28(34,35)38-20-13-23(32)27(24(33)14-20)36-10-2-9-29/h4-7,11-14,16,25H,2-3,8-10,15H2,1H3. The second-order valence-electron chi connectivity index (χ2n) is 9.17. The second-order valence-corrected chi connectivity index (χ2v) is 9.17. The minimum absolute atomic E-state index is 0.0103. The van der Waals surface area contributed by atoms with E-state index in [0.717, 1.165) is 30.5 Å². The Hall–Kier alpha value is -3.27. The molecule has 1 aliphatic rings. The van der Waals surface area contributed by atoms with Gasteiger partial charge in [-0.25, -0.2) is 17.6 Å². The molecule has 0 bridgehead atoms. The molecule has 3 aromatic carbocycles. The van der Waals surface area contributed by atoms with Crippen molar-refractivity contribution in [1.29, 1.82) is 0 Å². The maximum absolute atomic E-state index is 14.8. The van der Waals surface area contributed by atoms with Gasteiger partial charge in [-0.2, -0.15) is 8.78 Å². The zero-order chi connectivity index (χ0) is 27.4. The molecule has 2 unspecified atom stereocenters. The molecule has 0 N–H and O–H groups in total. The molecule has 0 radical (unpaired) electrons. The third-order valence-corrected chi connectivity index (χ3v) is 6.19. The molecule has 1 fully saturated rings. The van der Waals surface area contributed by atoms with Crippen LogP contribution in [0.2, 0.25) is 0 Å². The van der Waals surface area contributed by atoms with Gasteiger partial charge in [0.15, 0.2) is 17.4 Å². The lowest BCUT2D eigenvalue weighted by Gasteiger charge is -2.27. The molecule has 1 saturated heterocycles. The van der Waals surface area contributed by atoms with Crippen molar-refractivity contribution < 1.29 is 44.9 Å². The number of hydrogen-bond donors (Lipinski definition) is 0. The number of ether oxygens (including phenoxy) is 3. The Morgan fingerprint density at radius 1 is 0.868 bits per heavy atom. The lowest BCUT2D eigenvalue weighted by atomic mass is 9.94. The van der Waals surface area contributed by atoms with Crippen molar-refractivity contribution in [3.63, 3.8) is 0 Å². The largest absolute Gasteiger partial charge is 0.488 e. The van der Waals surface area contributed by atoms with Crippen LogP contribution in [0, 0.1) is 29.2 Å². The summed E-state index contributed by atoms with van der Waals surface area (Å²) in [4.78, 5) is 0. The zero-order valence-corrected chi connectivity index (χ0v) is 20.4. The summed E-state index contributed by atoms with van der Waals surface area (Å²) in [5.41, 5.74) is -0.418. The van der Waals surface area contributed by atoms with Crippen LogP contribution in [-0.2, 0) is 10.8 Å². The summed E-state index contributed by atoms with van der Waals surface area (Å²) in [6, 6.07) is 8.95. The fraction of sp³-hybridized carbons (Fsp3) is 0.357. The van der Waals surface area contributed by atoms with Gasteiger partial charge >= 0.3 is 6.11 Å². The van der Waals surface area contributed by atoms with Crippen LogP contribution in [0.3, 0.4) is 0 Å². The van der Waals surface area contributed by atoms with Gasteiger partial charge in [-0.15, -0.1) is 0 Å². The Balaban J connectivity index is 1.53. The van der Waals surface area contributed by atoms with E-state index in [0.29, 0.717) is 30.2 Å². The van der Waals surface area contributed by atoms with E-state index in [-0.39, 0.29) is 24.7 Å². The van der Waals surface area contributed by atoms with Gasteiger partial charge in [0.05, 0.1) is 19.4 Å². The molecule has 3 nitrogen and oxygen atoms in total. The summed E-state index contributed by atoms with van der Waals surface area (Å²) >= 11 is 0. The number of alkyl halides is 3. The third kappa shape index (κ3) is 6.23. The minimum atomic E-state index is -4.61. The van der Waals surface area contributed by atoms with E-state index in [2.05, 4.69) is 11.7 Å². The number of benzene rings is 3. The van der Waals surface area contributed by atoms with Gasteiger partial charge < -0.3 is 14.2 Å². The van der Waals surface area contributed by atoms with Gasteiger partial charge in [0.1, 0.15) is 22.9 Å². The SMILES string of the molecule is CC1CCC(c2ccc(-c3cc(F)c(C(F)(F)Oc4cc(F)c(OCCCF)c(F)c4)c(F)c3)cc2)OC1. The quantitative estimate of drug-likeness (QED) is 0.201. The van der Waals surface area contributed by atoms with Crippen LogP contribution < -0.4 is 9.47 Å². The molecule has 1 heterocycles. The predicted octanol–water partition coefficient (Wildman–Crippen LogP) is 8.26. The number of hydrogen-bond acceptors (Lipinski definition) is 3. The van der Waals surface area contributed by atoms with Crippen LogP contribution in [0.15, 0.2) is 48.5 Å². The Labute approximate surface area is 215 Å². The summed E-state index contributed by atoms with van der Waals surface area (Å²) in [7, 11) is 0. The normalized spacial score (nSPS) is 17.9. The molecule has 4 rings (SSSR count). The highest BCUT2D eigenvalue weighted by Gasteiger charge is 2.41. The van der Waals surface area contributed by atoms with Crippen LogP contribution >= 0.6 is 0 Å². The van der Waals surface area contributed by atoms with Gasteiger partial charge in [0.25, 0.3) is 0 Å². The molecule has 10 heteroatoms. The van der Waals surface area contributed by atoms with Crippen molar-refractivity contribution >= 4 is 0 Å². The molecule has 1 aliphatic heterocycles. The first-order valence-electron chi connectivity index (χ1n) is 12.0. The van der Waals surface area contributed by atoms with E-state index in [1.807, 2.05) is 0 Å². The topological polar surface area (TPSA) is 27.7 Å². The average molecular weight is 542 g/mol. The highest BCUT2D eigenvalue weighted by Crippen LogP contribution is 2.39. The van der Waals surface area contributed by atoms with Gasteiger partial charge in [0, 0.05) is 25.2 Å². The highest BCUT2D eigenvalue weighted by molar-refractivity contribution is 5.64. The van der Waals surface area contributed by atoms with Crippen LogP contribution in [0.25, 0.3) is 11.1 Å². The molecular formula is C28H25F7O3. The number of rotatable bonds is 9. The van der Waals surface area contributed by atoms with Crippen molar-refractivity contribution in [2.45, 2.75) is 38.4 Å². The first kappa shape index (κ1) is 27.8. The van der Waals surface area contributed by atoms with Gasteiger partial charge in [-0.05, 0) is 47.6 Å². The van der Waals surface area contributed by atoms with Crippen molar-refractivity contribution in [3.8, 4) is 22.6 Å². The maximum Gasteiger partial charge on any atom is 0.432 e. The Morgan fingerprint density at radius 3 is 2.05 bits per heavy atom. The van der Waals surface area contributed by atoms with Crippen molar-refractivity contribution in [1.82, 2.24) is 0 Å².